The Labute approximate surface area is 199 Å². The van der Waals surface area contributed by atoms with Gasteiger partial charge >= 0.3 is 6.03 Å². The number of para-hydroxylation sites is 1. The van der Waals surface area contributed by atoms with E-state index in [1.165, 1.54) is 5.56 Å². The molecule has 1 N–H and O–H groups in total. The Kier molecular flexibility index (Phi) is 6.00. The Hall–Kier alpha value is -3.93. The normalized spacial score (nSPS) is 15.3. The molecule has 4 amide bonds. The highest BCUT2D eigenvalue weighted by Gasteiger charge is 2.37. The van der Waals surface area contributed by atoms with Gasteiger partial charge in [-0.3, -0.25) is 14.9 Å². The van der Waals surface area contributed by atoms with Crippen molar-refractivity contribution in [1.82, 2.24) is 9.88 Å². The highest BCUT2D eigenvalue weighted by atomic mass is 16.2. The van der Waals surface area contributed by atoms with Crippen LogP contribution >= 0.6 is 0 Å². The molecule has 1 aliphatic heterocycles. The number of amides is 4. The van der Waals surface area contributed by atoms with Crippen molar-refractivity contribution in [2.75, 3.05) is 4.90 Å². The van der Waals surface area contributed by atoms with Crippen molar-refractivity contribution < 1.29 is 14.4 Å². The molecule has 6 heteroatoms. The summed E-state index contributed by atoms with van der Waals surface area (Å²) in [5.74, 6) is -1.32. The first-order valence-corrected chi connectivity index (χ1v) is 11.4. The lowest BCUT2D eigenvalue weighted by Gasteiger charge is -2.27. The average molecular weight is 456 g/mol. The summed E-state index contributed by atoms with van der Waals surface area (Å²) < 4.78 is 2.17. The number of aromatic nitrogens is 1. The lowest BCUT2D eigenvalue weighted by molar-refractivity contribution is -0.122. The van der Waals surface area contributed by atoms with Crippen molar-refractivity contribution in [3.8, 4) is 5.69 Å². The van der Waals surface area contributed by atoms with Gasteiger partial charge in [0.1, 0.15) is 5.57 Å². The van der Waals surface area contributed by atoms with Crippen molar-refractivity contribution in [2.45, 2.75) is 48.0 Å². The summed E-state index contributed by atoms with van der Waals surface area (Å²) >= 11 is 0. The summed E-state index contributed by atoms with van der Waals surface area (Å²) in [6.45, 7) is 12.0. The van der Waals surface area contributed by atoms with E-state index in [4.69, 9.17) is 0 Å². The Balaban J connectivity index is 1.82. The van der Waals surface area contributed by atoms with Crippen LogP contribution in [0.2, 0.25) is 0 Å². The Morgan fingerprint density at radius 1 is 0.912 bits per heavy atom. The lowest BCUT2D eigenvalue weighted by Crippen LogP contribution is -2.54. The molecular formula is C28H29N3O3. The van der Waals surface area contributed by atoms with Crippen LogP contribution in [-0.2, 0) is 16.0 Å². The molecule has 0 saturated carbocycles. The summed E-state index contributed by atoms with van der Waals surface area (Å²) in [5.41, 5.74) is 8.39. The molecule has 0 spiro atoms. The van der Waals surface area contributed by atoms with Gasteiger partial charge in [0.25, 0.3) is 11.8 Å². The van der Waals surface area contributed by atoms with Crippen LogP contribution < -0.4 is 10.2 Å². The third-order valence-electron chi connectivity index (χ3n) is 6.26. The number of benzene rings is 2. The monoisotopic (exact) mass is 455 g/mol. The van der Waals surface area contributed by atoms with Gasteiger partial charge in [0.15, 0.2) is 0 Å². The molecule has 174 valence electrons. The highest BCUT2D eigenvalue weighted by molar-refractivity contribution is 6.39. The summed E-state index contributed by atoms with van der Waals surface area (Å²) in [4.78, 5) is 39.7. The summed E-state index contributed by atoms with van der Waals surface area (Å²) in [7, 11) is 0. The van der Waals surface area contributed by atoms with E-state index in [0.717, 1.165) is 50.6 Å². The van der Waals surface area contributed by atoms with Crippen LogP contribution in [0.4, 0.5) is 10.5 Å². The first kappa shape index (κ1) is 23.2. The summed E-state index contributed by atoms with van der Waals surface area (Å²) in [5, 5.41) is 2.32. The number of hydrogen-bond donors (Lipinski definition) is 1. The number of imide groups is 2. The maximum Gasteiger partial charge on any atom is 0.335 e. The molecule has 4 rings (SSSR count). The van der Waals surface area contributed by atoms with Crippen LogP contribution in [0.1, 0.15) is 46.1 Å². The number of carbonyl (C=O) groups is 3. The van der Waals surface area contributed by atoms with Crippen molar-refractivity contribution in [2.24, 2.45) is 0 Å². The topological polar surface area (TPSA) is 71.4 Å². The number of nitrogens with zero attached hydrogens (tertiary/aromatic N) is 2. The number of carbonyl (C=O) groups excluding carboxylic acids is 3. The number of hydrogen-bond acceptors (Lipinski definition) is 3. The first-order valence-electron chi connectivity index (χ1n) is 11.4. The molecular weight excluding hydrogens is 426 g/mol. The van der Waals surface area contributed by atoms with Crippen LogP contribution in [-0.4, -0.2) is 22.4 Å². The molecule has 1 saturated heterocycles. The number of anilines is 1. The summed E-state index contributed by atoms with van der Waals surface area (Å²) in [6, 6.07) is 13.0. The van der Waals surface area contributed by atoms with Gasteiger partial charge in [0.2, 0.25) is 0 Å². The molecule has 0 bridgehead atoms. The molecule has 6 nitrogen and oxygen atoms in total. The predicted molar refractivity (Wildman–Crippen MR) is 134 cm³/mol. The van der Waals surface area contributed by atoms with Gasteiger partial charge in [-0.2, -0.15) is 0 Å². The van der Waals surface area contributed by atoms with E-state index in [1.807, 2.05) is 39.8 Å². The van der Waals surface area contributed by atoms with Crippen LogP contribution in [0.25, 0.3) is 11.8 Å². The maximum absolute atomic E-state index is 13.4. The van der Waals surface area contributed by atoms with Crippen molar-refractivity contribution >= 4 is 29.6 Å². The van der Waals surface area contributed by atoms with Gasteiger partial charge in [0, 0.05) is 11.4 Å². The summed E-state index contributed by atoms with van der Waals surface area (Å²) in [6.07, 6.45) is 2.47. The van der Waals surface area contributed by atoms with Crippen LogP contribution in [0.15, 0.2) is 48.0 Å². The maximum atomic E-state index is 13.4. The molecule has 34 heavy (non-hydrogen) atoms. The lowest BCUT2D eigenvalue weighted by atomic mass is 10.0. The SMILES string of the molecule is CCc1cccc(C)c1-n1c(C)cc(/C=C2\C(=O)NC(=O)N(c3cc(C)cc(C)c3)C2=O)c1C. The molecule has 0 atom stereocenters. The zero-order valence-electron chi connectivity index (χ0n) is 20.4. The number of nitrogens with one attached hydrogen (secondary N) is 1. The zero-order chi connectivity index (χ0) is 24.7. The molecule has 0 radical (unpaired) electrons. The molecule has 3 aromatic rings. The molecule has 0 unspecified atom stereocenters. The third-order valence-corrected chi connectivity index (χ3v) is 6.26. The minimum absolute atomic E-state index is 0.0699. The van der Waals surface area contributed by atoms with E-state index < -0.39 is 17.8 Å². The second-order valence-electron chi connectivity index (χ2n) is 8.90. The number of urea groups is 1. The zero-order valence-corrected chi connectivity index (χ0v) is 20.4. The Morgan fingerprint density at radius 2 is 1.59 bits per heavy atom. The number of rotatable bonds is 4. The van der Waals surface area contributed by atoms with E-state index in [2.05, 4.69) is 41.9 Å². The van der Waals surface area contributed by atoms with Gasteiger partial charge in [-0.05, 0) is 93.1 Å². The van der Waals surface area contributed by atoms with Crippen molar-refractivity contribution in [3.05, 3.63) is 87.2 Å². The average Bonchev–Trinajstić information content (AvgIpc) is 3.03. The Bertz CT molecular complexity index is 1360. The molecule has 0 aliphatic carbocycles. The van der Waals surface area contributed by atoms with Crippen LogP contribution in [0.5, 0.6) is 0 Å². The van der Waals surface area contributed by atoms with Crippen molar-refractivity contribution in [3.63, 3.8) is 0 Å². The standard InChI is InChI=1S/C28H29N3O3/c1-7-21-10-8-9-18(4)25(21)30-19(5)14-22(20(30)6)15-24-26(32)29-28(34)31(27(24)33)23-12-16(2)11-17(3)13-23/h8-15H,7H2,1-6H3,(H,29,32,34)/b24-15+. The predicted octanol–water partition coefficient (Wildman–Crippen LogP) is 5.25. The third kappa shape index (κ3) is 3.96. The van der Waals surface area contributed by atoms with E-state index in [9.17, 15) is 14.4 Å². The smallest absolute Gasteiger partial charge is 0.317 e. The minimum atomic E-state index is -0.741. The minimum Gasteiger partial charge on any atom is -0.317 e. The molecule has 2 aromatic carbocycles. The number of aryl methyl sites for hydroxylation is 5. The molecule has 1 fully saturated rings. The van der Waals surface area contributed by atoms with Crippen LogP contribution in [0, 0.1) is 34.6 Å². The van der Waals surface area contributed by atoms with E-state index >= 15 is 0 Å². The van der Waals surface area contributed by atoms with Gasteiger partial charge < -0.3 is 4.57 Å². The fourth-order valence-electron chi connectivity index (χ4n) is 4.73. The van der Waals surface area contributed by atoms with Crippen LogP contribution in [0.3, 0.4) is 0 Å². The van der Waals surface area contributed by atoms with Crippen molar-refractivity contribution in [1.29, 1.82) is 0 Å². The second kappa shape index (κ2) is 8.78. The number of barbiturate groups is 1. The molecule has 2 heterocycles. The fourth-order valence-corrected chi connectivity index (χ4v) is 4.73. The molecule has 1 aliphatic rings. The fraction of sp³-hybridized carbons (Fsp3) is 0.250. The van der Waals surface area contributed by atoms with E-state index in [1.54, 1.807) is 18.2 Å². The Morgan fingerprint density at radius 3 is 2.24 bits per heavy atom. The van der Waals surface area contributed by atoms with E-state index in [-0.39, 0.29) is 5.57 Å². The van der Waals surface area contributed by atoms with E-state index in [0.29, 0.717) is 5.69 Å². The van der Waals surface area contributed by atoms with Gasteiger partial charge in [0.05, 0.1) is 11.4 Å². The second-order valence-corrected chi connectivity index (χ2v) is 8.90. The molecule has 1 aromatic heterocycles. The largest absolute Gasteiger partial charge is 0.335 e. The first-order chi connectivity index (χ1) is 16.1. The van der Waals surface area contributed by atoms with Gasteiger partial charge in [-0.25, -0.2) is 9.69 Å². The quantitative estimate of drug-likeness (QED) is 0.432. The van der Waals surface area contributed by atoms with Gasteiger partial charge in [-0.1, -0.05) is 31.2 Å². The van der Waals surface area contributed by atoms with Gasteiger partial charge in [-0.15, -0.1) is 0 Å². The highest BCUT2D eigenvalue weighted by Crippen LogP contribution is 2.29.